The van der Waals surface area contributed by atoms with Crippen molar-refractivity contribution < 1.29 is 22.8 Å². The van der Waals surface area contributed by atoms with E-state index in [9.17, 15) is 22.8 Å². The minimum atomic E-state index is -4.65. The zero-order chi connectivity index (χ0) is 22.8. The maximum absolute atomic E-state index is 13.7. The number of carbonyl (C=O) groups excluding carboxylic acids is 2. The Hall–Kier alpha value is -3.05. The highest BCUT2D eigenvalue weighted by Gasteiger charge is 2.35. The number of aromatic nitrogens is 3. The van der Waals surface area contributed by atoms with E-state index in [2.05, 4.69) is 10.2 Å². The molecule has 3 rings (SSSR count). The second kappa shape index (κ2) is 8.98. The van der Waals surface area contributed by atoms with Crippen LogP contribution in [0.1, 0.15) is 12.5 Å². The number of nitrogens with zero attached hydrogens (tertiary/aromatic N) is 3. The Morgan fingerprint density at radius 3 is 2.52 bits per heavy atom. The lowest BCUT2D eigenvalue weighted by molar-refractivity contribution is -0.137. The van der Waals surface area contributed by atoms with Crippen molar-refractivity contribution >= 4 is 35.3 Å². The number of amides is 3. The SMILES string of the molecule is C[C@@H](Sc1nnc(-c2cccc(Cl)c2)n1-c1ccccc1C(F)(F)F)C(=O)NC(N)=O. The van der Waals surface area contributed by atoms with Crippen molar-refractivity contribution in [3.8, 4) is 17.1 Å². The molecule has 0 saturated carbocycles. The highest BCUT2D eigenvalue weighted by Crippen LogP contribution is 2.38. The van der Waals surface area contributed by atoms with Gasteiger partial charge in [-0.2, -0.15) is 13.2 Å². The van der Waals surface area contributed by atoms with E-state index in [1.807, 2.05) is 5.32 Å². The lowest BCUT2D eigenvalue weighted by Gasteiger charge is -2.17. The van der Waals surface area contributed by atoms with Gasteiger partial charge in [0.2, 0.25) is 5.91 Å². The summed E-state index contributed by atoms with van der Waals surface area (Å²) in [6, 6.07) is 10.3. The smallest absolute Gasteiger partial charge is 0.351 e. The van der Waals surface area contributed by atoms with Crippen LogP contribution in [0.3, 0.4) is 0 Å². The van der Waals surface area contributed by atoms with Crippen LogP contribution in [0.25, 0.3) is 17.1 Å². The van der Waals surface area contributed by atoms with Crippen molar-refractivity contribution in [1.82, 2.24) is 20.1 Å². The Morgan fingerprint density at radius 2 is 1.87 bits per heavy atom. The molecule has 0 spiro atoms. The molecule has 2 aromatic carbocycles. The average molecular weight is 470 g/mol. The molecule has 162 valence electrons. The summed E-state index contributed by atoms with van der Waals surface area (Å²) in [7, 11) is 0. The van der Waals surface area contributed by atoms with Gasteiger partial charge in [-0.25, -0.2) is 4.79 Å². The number of urea groups is 1. The zero-order valence-electron chi connectivity index (χ0n) is 15.9. The second-order valence-corrected chi connectivity index (χ2v) is 8.02. The monoisotopic (exact) mass is 469 g/mol. The summed E-state index contributed by atoms with van der Waals surface area (Å²) in [5.74, 6) is -0.621. The molecule has 0 aliphatic rings. The van der Waals surface area contributed by atoms with E-state index in [0.29, 0.717) is 10.6 Å². The zero-order valence-corrected chi connectivity index (χ0v) is 17.4. The first-order chi connectivity index (χ1) is 14.6. The number of para-hydroxylation sites is 1. The number of carbonyl (C=O) groups is 2. The number of nitrogens with two attached hydrogens (primary N) is 1. The number of hydrogen-bond acceptors (Lipinski definition) is 5. The summed E-state index contributed by atoms with van der Waals surface area (Å²) in [5, 5.41) is 9.43. The number of rotatable bonds is 5. The first kappa shape index (κ1) is 22.6. The van der Waals surface area contributed by atoms with Gasteiger partial charge in [0.05, 0.1) is 16.5 Å². The van der Waals surface area contributed by atoms with E-state index >= 15 is 0 Å². The molecule has 0 radical (unpaired) electrons. The third-order valence-electron chi connectivity index (χ3n) is 4.06. The maximum Gasteiger partial charge on any atom is 0.418 e. The Balaban J connectivity index is 2.17. The van der Waals surface area contributed by atoms with Gasteiger partial charge in [0.1, 0.15) is 0 Å². The molecular weight excluding hydrogens is 455 g/mol. The van der Waals surface area contributed by atoms with Crippen molar-refractivity contribution in [2.75, 3.05) is 0 Å². The standard InChI is InChI=1S/C19H15ClF3N5O2S/c1-10(16(29)25-17(24)30)31-18-27-26-15(11-5-4-6-12(20)9-11)28(18)14-8-3-2-7-13(14)19(21,22)23/h2-10H,1H3,(H3,24,25,29,30)/t10-/m1/s1. The van der Waals surface area contributed by atoms with Gasteiger partial charge in [-0.15, -0.1) is 10.2 Å². The number of imide groups is 1. The molecule has 0 unspecified atom stereocenters. The minimum absolute atomic E-state index is 0.0128. The molecule has 0 aliphatic heterocycles. The van der Waals surface area contributed by atoms with Crippen molar-refractivity contribution in [1.29, 1.82) is 0 Å². The number of halogens is 4. The van der Waals surface area contributed by atoms with Crippen LogP contribution < -0.4 is 11.1 Å². The number of nitrogens with one attached hydrogen (secondary N) is 1. The van der Waals surface area contributed by atoms with E-state index in [0.717, 1.165) is 17.8 Å². The summed E-state index contributed by atoms with van der Waals surface area (Å²) in [6.45, 7) is 1.46. The normalized spacial score (nSPS) is 12.4. The number of benzene rings is 2. The third-order valence-corrected chi connectivity index (χ3v) is 5.34. The van der Waals surface area contributed by atoms with Crippen LogP contribution in [0.4, 0.5) is 18.0 Å². The van der Waals surface area contributed by atoms with Gasteiger partial charge in [-0.05, 0) is 31.2 Å². The molecule has 7 nitrogen and oxygen atoms in total. The number of hydrogen-bond donors (Lipinski definition) is 2. The second-order valence-electron chi connectivity index (χ2n) is 6.28. The number of primary amides is 1. The van der Waals surface area contributed by atoms with Crippen LogP contribution in [-0.4, -0.2) is 32.0 Å². The van der Waals surface area contributed by atoms with E-state index in [4.69, 9.17) is 17.3 Å². The van der Waals surface area contributed by atoms with E-state index in [1.54, 1.807) is 18.2 Å². The van der Waals surface area contributed by atoms with Crippen LogP contribution in [0.5, 0.6) is 0 Å². The average Bonchev–Trinajstić information content (AvgIpc) is 3.10. The van der Waals surface area contributed by atoms with Crippen LogP contribution in [-0.2, 0) is 11.0 Å². The summed E-state index contributed by atoms with van der Waals surface area (Å²) in [5.41, 5.74) is 4.26. The highest BCUT2D eigenvalue weighted by molar-refractivity contribution is 8.00. The molecule has 1 heterocycles. The van der Waals surface area contributed by atoms with Gasteiger partial charge in [0, 0.05) is 10.6 Å². The predicted molar refractivity (Wildman–Crippen MR) is 110 cm³/mol. The van der Waals surface area contributed by atoms with Crippen LogP contribution in [0.2, 0.25) is 5.02 Å². The van der Waals surface area contributed by atoms with Crippen molar-refractivity contribution in [2.45, 2.75) is 23.5 Å². The fourth-order valence-electron chi connectivity index (χ4n) is 2.72. The minimum Gasteiger partial charge on any atom is -0.351 e. The molecule has 0 fully saturated rings. The van der Waals surface area contributed by atoms with E-state index in [1.165, 1.54) is 35.8 Å². The molecule has 0 saturated heterocycles. The van der Waals surface area contributed by atoms with Gasteiger partial charge >= 0.3 is 12.2 Å². The van der Waals surface area contributed by atoms with Crippen molar-refractivity contribution in [2.24, 2.45) is 5.73 Å². The summed E-state index contributed by atoms with van der Waals surface area (Å²) >= 11 is 6.86. The summed E-state index contributed by atoms with van der Waals surface area (Å²) in [6.07, 6.45) is -4.65. The number of thioether (sulfide) groups is 1. The molecule has 3 aromatic rings. The predicted octanol–water partition coefficient (Wildman–Crippen LogP) is 4.28. The Morgan fingerprint density at radius 1 is 1.16 bits per heavy atom. The fourth-order valence-corrected chi connectivity index (χ4v) is 3.77. The summed E-state index contributed by atoms with van der Waals surface area (Å²) < 4.78 is 42.3. The van der Waals surface area contributed by atoms with Gasteiger partial charge in [-0.3, -0.25) is 14.7 Å². The molecule has 1 atom stereocenters. The van der Waals surface area contributed by atoms with Crippen LogP contribution in [0.15, 0.2) is 53.7 Å². The largest absolute Gasteiger partial charge is 0.418 e. The molecule has 3 amide bonds. The Bertz CT molecular complexity index is 1140. The molecule has 12 heteroatoms. The molecule has 1 aromatic heterocycles. The van der Waals surface area contributed by atoms with Crippen molar-refractivity contribution in [3.63, 3.8) is 0 Å². The van der Waals surface area contributed by atoms with E-state index in [-0.39, 0.29) is 16.7 Å². The molecule has 0 bridgehead atoms. The van der Waals surface area contributed by atoms with Crippen LogP contribution in [0, 0.1) is 0 Å². The van der Waals surface area contributed by atoms with Crippen LogP contribution >= 0.6 is 23.4 Å². The number of alkyl halides is 3. The van der Waals surface area contributed by atoms with Gasteiger partial charge in [-0.1, -0.05) is 47.6 Å². The van der Waals surface area contributed by atoms with Gasteiger partial charge in [0.15, 0.2) is 11.0 Å². The molecule has 3 N–H and O–H groups in total. The third kappa shape index (κ3) is 5.17. The molecule has 31 heavy (non-hydrogen) atoms. The molecular formula is C19H15ClF3N5O2S. The van der Waals surface area contributed by atoms with E-state index < -0.39 is 28.9 Å². The fraction of sp³-hybridized carbons (Fsp3) is 0.158. The first-order valence-corrected chi connectivity index (χ1v) is 9.98. The maximum atomic E-state index is 13.7. The van der Waals surface area contributed by atoms with Gasteiger partial charge < -0.3 is 5.73 Å². The lowest BCUT2D eigenvalue weighted by atomic mass is 10.1. The highest BCUT2D eigenvalue weighted by atomic mass is 35.5. The lowest BCUT2D eigenvalue weighted by Crippen LogP contribution is -2.39. The summed E-state index contributed by atoms with van der Waals surface area (Å²) in [4.78, 5) is 23.0. The topological polar surface area (TPSA) is 103 Å². The van der Waals surface area contributed by atoms with Gasteiger partial charge in [0.25, 0.3) is 0 Å². The van der Waals surface area contributed by atoms with Crippen molar-refractivity contribution in [3.05, 3.63) is 59.1 Å². The Kier molecular flexibility index (Phi) is 6.56. The Labute approximate surface area is 183 Å². The quantitative estimate of drug-likeness (QED) is 0.543. The molecule has 0 aliphatic carbocycles. The first-order valence-electron chi connectivity index (χ1n) is 8.73.